The highest BCUT2D eigenvalue weighted by Gasteiger charge is 2.36. The Kier molecular flexibility index (Phi) is 5.13. The first-order valence-corrected chi connectivity index (χ1v) is 12.8. The Bertz CT molecular complexity index is 1950. The van der Waals surface area contributed by atoms with Crippen LogP contribution in [-0.2, 0) is 17.8 Å². The fourth-order valence-corrected chi connectivity index (χ4v) is 6.00. The van der Waals surface area contributed by atoms with E-state index in [1.54, 1.807) is 35.9 Å². The lowest BCUT2D eigenvalue weighted by Crippen LogP contribution is -2.31. The third-order valence-electron chi connectivity index (χ3n) is 7.80. The Morgan fingerprint density at radius 3 is 2.67 bits per heavy atom. The van der Waals surface area contributed by atoms with Gasteiger partial charge in [-0.15, -0.1) is 0 Å². The zero-order chi connectivity index (χ0) is 26.8. The quantitative estimate of drug-likeness (QED) is 0.266. The molecule has 4 heterocycles. The van der Waals surface area contributed by atoms with E-state index in [9.17, 15) is 19.5 Å². The predicted molar refractivity (Wildman–Crippen MR) is 145 cm³/mol. The summed E-state index contributed by atoms with van der Waals surface area (Å²) in [6.07, 6.45) is 2.99. The molecule has 8 heteroatoms. The standard InChI is InChI=1S/C31H23NO7/c1-37-19-9-7-16(8-10-19)22-15-38-30-26-20(13-25(34)39-24(26)14-23(33)27(30)29(22)35)21-12-18-5-2-4-17-6-3-11-32(28(17)18)31(21)36/h2,4-5,7-10,12,14-15,20,33H,3,6,11,13H2,1H3/t20-/m0/s1. The number of para-hydroxylation sites is 1. The van der Waals surface area contributed by atoms with Crippen molar-refractivity contribution in [3.8, 4) is 28.4 Å². The molecule has 0 fully saturated rings. The van der Waals surface area contributed by atoms with Gasteiger partial charge in [-0.05, 0) is 47.6 Å². The van der Waals surface area contributed by atoms with Crippen LogP contribution in [0.4, 0.5) is 0 Å². The molecule has 0 saturated carbocycles. The molecular formula is C31H23NO7. The topological polar surface area (TPSA) is 108 Å². The SMILES string of the molecule is COc1ccc(-c2coc3c4c(cc(O)c3c2=O)OC(=O)C[C@H]4c2cc3cccc4c3n(c2=O)CCC4)cc1. The van der Waals surface area contributed by atoms with Crippen molar-refractivity contribution < 1.29 is 23.8 Å². The van der Waals surface area contributed by atoms with Crippen molar-refractivity contribution in [1.29, 1.82) is 0 Å². The number of rotatable bonds is 3. The summed E-state index contributed by atoms with van der Waals surface area (Å²) < 4.78 is 18.5. The highest BCUT2D eigenvalue weighted by molar-refractivity contribution is 5.94. The van der Waals surface area contributed by atoms with Gasteiger partial charge in [0.2, 0.25) is 5.43 Å². The summed E-state index contributed by atoms with van der Waals surface area (Å²) in [5.74, 6) is -0.899. The molecule has 0 amide bonds. The van der Waals surface area contributed by atoms with Crippen LogP contribution >= 0.6 is 0 Å². The molecule has 2 aromatic heterocycles. The summed E-state index contributed by atoms with van der Waals surface area (Å²) in [5.41, 5.74) is 3.19. The van der Waals surface area contributed by atoms with E-state index >= 15 is 0 Å². The van der Waals surface area contributed by atoms with E-state index in [1.165, 1.54) is 12.3 Å². The average Bonchev–Trinajstić information content (AvgIpc) is 2.94. The van der Waals surface area contributed by atoms with E-state index in [1.807, 2.05) is 24.3 Å². The molecule has 0 aliphatic carbocycles. The maximum absolute atomic E-state index is 13.8. The normalized spacial score (nSPS) is 16.2. The molecule has 0 spiro atoms. The van der Waals surface area contributed by atoms with Crippen molar-refractivity contribution >= 4 is 27.8 Å². The summed E-state index contributed by atoms with van der Waals surface area (Å²) in [6.45, 7) is 0.584. The second-order valence-electron chi connectivity index (χ2n) is 9.96. The number of hydrogen-bond donors (Lipinski definition) is 1. The molecule has 0 bridgehead atoms. The van der Waals surface area contributed by atoms with Gasteiger partial charge in [0.15, 0.2) is 0 Å². The lowest BCUT2D eigenvalue weighted by atomic mass is 9.84. The minimum atomic E-state index is -0.717. The summed E-state index contributed by atoms with van der Waals surface area (Å²) in [6, 6.07) is 16.0. The van der Waals surface area contributed by atoms with Crippen molar-refractivity contribution in [3.05, 3.63) is 98.1 Å². The average molecular weight is 522 g/mol. The Morgan fingerprint density at radius 1 is 1.05 bits per heavy atom. The second kappa shape index (κ2) is 8.59. The van der Waals surface area contributed by atoms with Crippen molar-refractivity contribution in [2.24, 2.45) is 0 Å². The number of phenolic OH excluding ortho intramolecular Hbond substituents is 1. The third kappa shape index (κ3) is 3.48. The van der Waals surface area contributed by atoms with E-state index < -0.39 is 17.3 Å². The first-order chi connectivity index (χ1) is 18.9. The number of aromatic hydroxyl groups is 1. The van der Waals surface area contributed by atoms with Gasteiger partial charge in [-0.1, -0.05) is 30.3 Å². The van der Waals surface area contributed by atoms with Gasteiger partial charge < -0.3 is 23.6 Å². The number of aryl methyl sites for hydroxylation is 2. The number of pyridine rings is 1. The molecule has 0 saturated heterocycles. The van der Waals surface area contributed by atoms with Gasteiger partial charge >= 0.3 is 5.97 Å². The van der Waals surface area contributed by atoms with Crippen LogP contribution in [0.15, 0.2) is 74.9 Å². The fraction of sp³-hybridized carbons (Fsp3) is 0.194. The molecule has 194 valence electrons. The third-order valence-corrected chi connectivity index (χ3v) is 7.80. The van der Waals surface area contributed by atoms with Crippen LogP contribution in [0.1, 0.15) is 35.4 Å². The van der Waals surface area contributed by atoms with Gasteiger partial charge in [-0.25, -0.2) is 0 Å². The number of ether oxygens (including phenoxy) is 2. The minimum Gasteiger partial charge on any atom is -0.507 e. The smallest absolute Gasteiger partial charge is 0.312 e. The Hall–Kier alpha value is -4.85. The van der Waals surface area contributed by atoms with Crippen LogP contribution < -0.4 is 20.5 Å². The van der Waals surface area contributed by atoms with E-state index in [2.05, 4.69) is 0 Å². The van der Waals surface area contributed by atoms with Crippen molar-refractivity contribution in [2.75, 3.05) is 7.11 Å². The number of carbonyl (C=O) groups excluding carboxylic acids is 1. The number of esters is 1. The van der Waals surface area contributed by atoms with Crippen LogP contribution in [0.3, 0.4) is 0 Å². The summed E-state index contributed by atoms with van der Waals surface area (Å²) in [4.78, 5) is 40.2. The maximum atomic E-state index is 13.8. The lowest BCUT2D eigenvalue weighted by Gasteiger charge is -2.27. The van der Waals surface area contributed by atoms with E-state index in [0.29, 0.717) is 29.0 Å². The lowest BCUT2D eigenvalue weighted by molar-refractivity contribution is -0.135. The largest absolute Gasteiger partial charge is 0.507 e. The molecular weight excluding hydrogens is 498 g/mol. The van der Waals surface area contributed by atoms with Crippen molar-refractivity contribution in [3.63, 3.8) is 0 Å². The molecule has 8 nitrogen and oxygen atoms in total. The van der Waals surface area contributed by atoms with Crippen molar-refractivity contribution in [2.45, 2.75) is 31.7 Å². The maximum Gasteiger partial charge on any atom is 0.312 e. The second-order valence-corrected chi connectivity index (χ2v) is 9.96. The number of aromatic nitrogens is 1. The zero-order valence-electron chi connectivity index (χ0n) is 21.0. The number of carbonyl (C=O) groups is 1. The number of benzene rings is 3. The van der Waals surface area contributed by atoms with Gasteiger partial charge in [0, 0.05) is 29.7 Å². The first-order valence-electron chi connectivity index (χ1n) is 12.8. The minimum absolute atomic E-state index is 0.0328. The number of fused-ring (bicyclic) bond motifs is 3. The Balaban J connectivity index is 1.48. The molecule has 3 aromatic carbocycles. The van der Waals surface area contributed by atoms with Crippen LogP contribution in [0.5, 0.6) is 17.2 Å². The fourth-order valence-electron chi connectivity index (χ4n) is 6.00. The van der Waals surface area contributed by atoms with E-state index in [4.69, 9.17) is 13.9 Å². The van der Waals surface area contributed by atoms with Gasteiger partial charge in [-0.3, -0.25) is 14.4 Å². The summed E-state index contributed by atoms with van der Waals surface area (Å²) >= 11 is 0. The molecule has 1 atom stereocenters. The predicted octanol–water partition coefficient (Wildman–Crippen LogP) is 4.88. The van der Waals surface area contributed by atoms with E-state index in [0.717, 1.165) is 29.3 Å². The van der Waals surface area contributed by atoms with Gasteiger partial charge in [0.25, 0.3) is 5.56 Å². The molecule has 5 aromatic rings. The molecule has 0 unspecified atom stereocenters. The zero-order valence-corrected chi connectivity index (χ0v) is 21.0. The van der Waals surface area contributed by atoms with Crippen LogP contribution in [0, 0.1) is 0 Å². The molecule has 39 heavy (non-hydrogen) atoms. The summed E-state index contributed by atoms with van der Waals surface area (Å²) in [5, 5.41) is 11.8. The Morgan fingerprint density at radius 2 is 1.87 bits per heavy atom. The summed E-state index contributed by atoms with van der Waals surface area (Å²) in [7, 11) is 1.55. The van der Waals surface area contributed by atoms with Gasteiger partial charge in [0.05, 0.1) is 24.6 Å². The van der Waals surface area contributed by atoms with Crippen LogP contribution in [0.25, 0.3) is 33.0 Å². The molecule has 0 radical (unpaired) electrons. The van der Waals surface area contributed by atoms with Crippen LogP contribution in [-0.4, -0.2) is 22.8 Å². The molecule has 1 N–H and O–H groups in total. The van der Waals surface area contributed by atoms with E-state index in [-0.39, 0.29) is 40.0 Å². The number of nitrogens with zero attached hydrogens (tertiary/aromatic N) is 1. The van der Waals surface area contributed by atoms with Crippen LogP contribution in [0.2, 0.25) is 0 Å². The first kappa shape index (κ1) is 23.3. The number of hydrogen-bond acceptors (Lipinski definition) is 7. The highest BCUT2D eigenvalue weighted by atomic mass is 16.5. The Labute approximate surface area is 221 Å². The number of methoxy groups -OCH3 is 1. The number of phenols is 1. The van der Waals surface area contributed by atoms with Crippen molar-refractivity contribution in [1.82, 2.24) is 4.57 Å². The molecule has 7 rings (SSSR count). The molecule has 2 aliphatic rings. The van der Waals surface area contributed by atoms with Gasteiger partial charge in [-0.2, -0.15) is 0 Å². The monoisotopic (exact) mass is 521 g/mol. The van der Waals surface area contributed by atoms with Gasteiger partial charge in [0.1, 0.15) is 34.5 Å². The highest BCUT2D eigenvalue weighted by Crippen LogP contribution is 2.45. The molecule has 2 aliphatic heterocycles.